The van der Waals surface area contributed by atoms with Gasteiger partial charge in [-0.3, -0.25) is 4.68 Å². The largest absolute Gasteiger partial charge is 0.478 e. The Balaban J connectivity index is 2.12. The third kappa shape index (κ3) is 3.70. The molecule has 2 aromatic rings. The second-order valence-electron chi connectivity index (χ2n) is 3.88. The molecule has 0 amide bonds. The highest BCUT2D eigenvalue weighted by Gasteiger charge is 2.01. The van der Waals surface area contributed by atoms with Crippen molar-refractivity contribution in [2.24, 2.45) is 0 Å². The zero-order valence-electron chi connectivity index (χ0n) is 10.5. The minimum absolute atomic E-state index is 0.642. The summed E-state index contributed by atoms with van der Waals surface area (Å²) in [6, 6.07) is 7.19. The topological polar surface area (TPSA) is 64.3 Å². The van der Waals surface area contributed by atoms with Crippen LogP contribution in [0.5, 0.6) is 11.5 Å². The van der Waals surface area contributed by atoms with Gasteiger partial charge in [0.05, 0.1) is 12.4 Å². The summed E-state index contributed by atoms with van der Waals surface area (Å²) in [6.45, 7) is 2.78. The Morgan fingerprint density at radius 2 is 2.32 bits per heavy atom. The van der Waals surface area contributed by atoms with E-state index in [1.54, 1.807) is 35.3 Å². The monoisotopic (exact) mass is 258 g/mol. The molecule has 19 heavy (non-hydrogen) atoms. The predicted molar refractivity (Wildman–Crippen MR) is 71.1 cm³/mol. The molecule has 1 aromatic heterocycles. The standard InChI is InChI=1S/C14H14N2O3/c1-2-16-10-13(9-15-16)19-12-5-3-4-11(8-12)6-7-14(17)18/h3-10H,2H2,1H3,(H,17,18)/b7-6+. The van der Waals surface area contributed by atoms with E-state index >= 15 is 0 Å². The van der Waals surface area contributed by atoms with Gasteiger partial charge in [-0.2, -0.15) is 5.10 Å². The van der Waals surface area contributed by atoms with Crippen molar-refractivity contribution < 1.29 is 14.6 Å². The highest BCUT2D eigenvalue weighted by molar-refractivity contribution is 5.85. The number of nitrogens with zero attached hydrogens (tertiary/aromatic N) is 2. The van der Waals surface area contributed by atoms with Crippen molar-refractivity contribution in [1.29, 1.82) is 0 Å². The van der Waals surface area contributed by atoms with Crippen LogP contribution in [0.1, 0.15) is 12.5 Å². The number of carboxylic acid groups (broad SMARTS) is 1. The molecular formula is C14H14N2O3. The Morgan fingerprint density at radius 1 is 1.47 bits per heavy atom. The highest BCUT2D eigenvalue weighted by Crippen LogP contribution is 2.22. The number of carbonyl (C=O) groups is 1. The zero-order chi connectivity index (χ0) is 13.7. The summed E-state index contributed by atoms with van der Waals surface area (Å²) in [5, 5.41) is 12.7. The molecule has 0 saturated carbocycles. The van der Waals surface area contributed by atoms with E-state index in [1.807, 2.05) is 13.0 Å². The van der Waals surface area contributed by atoms with Crippen LogP contribution in [0.15, 0.2) is 42.7 Å². The minimum Gasteiger partial charge on any atom is -0.478 e. The van der Waals surface area contributed by atoms with Gasteiger partial charge in [-0.15, -0.1) is 0 Å². The number of hydrogen-bond donors (Lipinski definition) is 1. The van der Waals surface area contributed by atoms with Gasteiger partial charge in [0.2, 0.25) is 0 Å². The normalized spacial score (nSPS) is 10.8. The molecule has 98 valence electrons. The summed E-state index contributed by atoms with van der Waals surface area (Å²) in [7, 11) is 0. The Kier molecular flexibility index (Phi) is 3.97. The van der Waals surface area contributed by atoms with Crippen LogP contribution in [0.2, 0.25) is 0 Å². The molecule has 1 N–H and O–H groups in total. The van der Waals surface area contributed by atoms with Crippen LogP contribution in [-0.2, 0) is 11.3 Å². The Labute approximate surface area is 110 Å². The molecule has 0 aliphatic carbocycles. The lowest BCUT2D eigenvalue weighted by atomic mass is 10.2. The van der Waals surface area contributed by atoms with Crippen molar-refractivity contribution in [1.82, 2.24) is 9.78 Å². The molecule has 0 spiro atoms. The van der Waals surface area contributed by atoms with Gasteiger partial charge in [-0.05, 0) is 30.7 Å². The van der Waals surface area contributed by atoms with Crippen LogP contribution in [0, 0.1) is 0 Å². The van der Waals surface area contributed by atoms with E-state index in [-0.39, 0.29) is 0 Å². The van der Waals surface area contributed by atoms with Crippen LogP contribution in [-0.4, -0.2) is 20.9 Å². The number of carboxylic acids is 1. The number of ether oxygens (including phenoxy) is 1. The van der Waals surface area contributed by atoms with Gasteiger partial charge in [0.1, 0.15) is 5.75 Å². The summed E-state index contributed by atoms with van der Waals surface area (Å²) in [6.07, 6.45) is 6.06. The van der Waals surface area contributed by atoms with Crippen LogP contribution >= 0.6 is 0 Å². The van der Waals surface area contributed by atoms with E-state index in [1.165, 1.54) is 6.08 Å². The van der Waals surface area contributed by atoms with Gasteiger partial charge in [-0.1, -0.05) is 12.1 Å². The fraction of sp³-hybridized carbons (Fsp3) is 0.143. The Hall–Kier alpha value is -2.56. The number of hydrogen-bond acceptors (Lipinski definition) is 3. The first-order valence-corrected chi connectivity index (χ1v) is 5.89. The van der Waals surface area contributed by atoms with Gasteiger partial charge in [0.15, 0.2) is 5.75 Å². The molecule has 1 aromatic carbocycles. The van der Waals surface area contributed by atoms with E-state index in [9.17, 15) is 4.79 Å². The van der Waals surface area contributed by atoms with Crippen LogP contribution in [0.4, 0.5) is 0 Å². The van der Waals surface area contributed by atoms with Crippen molar-refractivity contribution in [3.63, 3.8) is 0 Å². The molecular weight excluding hydrogens is 244 g/mol. The molecule has 0 aliphatic heterocycles. The summed E-state index contributed by atoms with van der Waals surface area (Å²) < 4.78 is 7.41. The maximum Gasteiger partial charge on any atom is 0.328 e. The molecule has 0 bridgehead atoms. The lowest BCUT2D eigenvalue weighted by Gasteiger charge is -2.03. The van der Waals surface area contributed by atoms with Gasteiger partial charge < -0.3 is 9.84 Å². The fourth-order valence-corrected chi connectivity index (χ4v) is 1.56. The first kappa shape index (κ1) is 12.9. The predicted octanol–water partition coefficient (Wildman–Crippen LogP) is 2.79. The molecule has 0 fully saturated rings. The van der Waals surface area contributed by atoms with E-state index in [0.717, 1.165) is 18.2 Å². The van der Waals surface area contributed by atoms with E-state index in [2.05, 4.69) is 5.10 Å². The summed E-state index contributed by atoms with van der Waals surface area (Å²) in [5.74, 6) is 0.319. The summed E-state index contributed by atoms with van der Waals surface area (Å²) in [4.78, 5) is 10.5. The van der Waals surface area contributed by atoms with Crippen molar-refractivity contribution in [2.45, 2.75) is 13.5 Å². The first-order valence-electron chi connectivity index (χ1n) is 5.89. The highest BCUT2D eigenvalue weighted by atomic mass is 16.5. The van der Waals surface area contributed by atoms with Crippen molar-refractivity contribution in [3.05, 3.63) is 48.3 Å². The molecule has 1 heterocycles. The summed E-state index contributed by atoms with van der Waals surface area (Å²) >= 11 is 0. The van der Waals surface area contributed by atoms with Gasteiger partial charge >= 0.3 is 5.97 Å². The number of aryl methyl sites for hydroxylation is 1. The second kappa shape index (κ2) is 5.86. The van der Waals surface area contributed by atoms with Crippen molar-refractivity contribution in [3.8, 4) is 11.5 Å². The average Bonchev–Trinajstić information content (AvgIpc) is 2.84. The number of benzene rings is 1. The molecule has 0 aliphatic rings. The number of rotatable bonds is 5. The van der Waals surface area contributed by atoms with Gasteiger partial charge in [0, 0.05) is 12.6 Å². The molecule has 0 atom stereocenters. The molecule has 0 unspecified atom stereocenters. The molecule has 0 saturated heterocycles. The van der Waals surface area contributed by atoms with E-state index in [0.29, 0.717) is 11.5 Å². The lowest BCUT2D eigenvalue weighted by Crippen LogP contribution is -1.92. The third-order valence-corrected chi connectivity index (χ3v) is 2.45. The molecule has 5 heteroatoms. The first-order chi connectivity index (χ1) is 9.17. The average molecular weight is 258 g/mol. The van der Waals surface area contributed by atoms with E-state index in [4.69, 9.17) is 9.84 Å². The number of aromatic nitrogens is 2. The summed E-state index contributed by atoms with van der Waals surface area (Å²) in [5.41, 5.74) is 0.766. The van der Waals surface area contributed by atoms with Gasteiger partial charge in [0.25, 0.3) is 0 Å². The van der Waals surface area contributed by atoms with Crippen LogP contribution in [0.3, 0.4) is 0 Å². The van der Waals surface area contributed by atoms with Crippen LogP contribution in [0.25, 0.3) is 6.08 Å². The van der Waals surface area contributed by atoms with Crippen molar-refractivity contribution in [2.75, 3.05) is 0 Å². The number of aliphatic carboxylic acids is 1. The molecule has 2 rings (SSSR count). The second-order valence-corrected chi connectivity index (χ2v) is 3.88. The smallest absolute Gasteiger partial charge is 0.328 e. The van der Waals surface area contributed by atoms with E-state index < -0.39 is 5.97 Å². The fourth-order valence-electron chi connectivity index (χ4n) is 1.56. The quantitative estimate of drug-likeness (QED) is 0.837. The minimum atomic E-state index is -0.976. The Morgan fingerprint density at radius 3 is 3.00 bits per heavy atom. The SMILES string of the molecule is CCn1cc(Oc2cccc(/C=C/C(=O)O)c2)cn1. The Bertz CT molecular complexity index is 602. The maximum atomic E-state index is 10.5. The molecule has 5 nitrogen and oxygen atoms in total. The van der Waals surface area contributed by atoms with Gasteiger partial charge in [-0.25, -0.2) is 4.79 Å². The lowest BCUT2D eigenvalue weighted by molar-refractivity contribution is -0.131. The van der Waals surface area contributed by atoms with Crippen LogP contribution < -0.4 is 4.74 Å². The molecule has 0 radical (unpaired) electrons. The maximum absolute atomic E-state index is 10.5. The zero-order valence-corrected chi connectivity index (χ0v) is 10.5. The van der Waals surface area contributed by atoms with Crippen molar-refractivity contribution >= 4 is 12.0 Å². The third-order valence-electron chi connectivity index (χ3n) is 2.45.